The smallest absolute Gasteiger partial charge is 0.447 e. The van der Waals surface area contributed by atoms with E-state index in [4.69, 9.17) is 23.7 Å². The summed E-state index contributed by atoms with van der Waals surface area (Å²) in [5, 5.41) is 0. The number of carbonyl (C=O) groups excluding carboxylic acids is 5. The highest BCUT2D eigenvalue weighted by atomic mass is 16.7. The summed E-state index contributed by atoms with van der Waals surface area (Å²) in [6.45, 7) is 37.0. The van der Waals surface area contributed by atoms with Crippen LogP contribution in [0.4, 0.5) is 19.2 Å². The third-order valence-corrected chi connectivity index (χ3v) is 10.3. The molecule has 0 N–H and O–H groups in total. The van der Waals surface area contributed by atoms with Crippen molar-refractivity contribution in [3.05, 3.63) is 70.8 Å². The second-order valence-electron chi connectivity index (χ2n) is 20.9. The number of likely N-dealkylation sites (N-methyl/N-ethyl adjacent to an activating group) is 4. The van der Waals surface area contributed by atoms with Crippen molar-refractivity contribution in [2.45, 2.75) is 175 Å². The molecule has 0 aliphatic carbocycles. The lowest BCUT2D eigenvalue weighted by atomic mass is 9.90. The van der Waals surface area contributed by atoms with Crippen molar-refractivity contribution in [2.24, 2.45) is 29.6 Å². The molecule has 2 rings (SSSR count). The highest BCUT2D eigenvalue weighted by molar-refractivity contribution is 5.82. The quantitative estimate of drug-likeness (QED) is 0.0821. The Hall–Kier alpha value is -4.85. The molecule has 1 atom stereocenters. The summed E-state index contributed by atoms with van der Waals surface area (Å²) in [6, 6.07) is 16.7. The molecule has 0 saturated carbocycles. The molecular formula is C56H98N4O10. The topological polar surface area (TPSA) is 144 Å². The van der Waals surface area contributed by atoms with Crippen molar-refractivity contribution in [1.29, 1.82) is 0 Å². The van der Waals surface area contributed by atoms with Crippen molar-refractivity contribution in [3.63, 3.8) is 0 Å². The molecule has 0 spiro atoms. The number of ether oxygens (including phenoxy) is 5. The summed E-state index contributed by atoms with van der Waals surface area (Å²) in [7, 11) is 7.10. The maximum Gasteiger partial charge on any atom is 0.508 e. The number of carbonyl (C=O) groups is 5. The molecule has 2 aromatic rings. The van der Waals surface area contributed by atoms with Crippen LogP contribution in [0.2, 0.25) is 0 Å². The van der Waals surface area contributed by atoms with Crippen molar-refractivity contribution >= 4 is 30.2 Å². The zero-order valence-electron chi connectivity index (χ0n) is 47.6. The van der Waals surface area contributed by atoms with E-state index in [9.17, 15) is 24.0 Å². The molecule has 0 radical (unpaired) electrons. The number of hydrogen-bond donors (Lipinski definition) is 0. The van der Waals surface area contributed by atoms with Crippen molar-refractivity contribution in [3.8, 4) is 0 Å². The Morgan fingerprint density at radius 3 is 1.10 bits per heavy atom. The van der Waals surface area contributed by atoms with Gasteiger partial charge in [-0.2, -0.15) is 0 Å². The highest BCUT2D eigenvalue weighted by Crippen LogP contribution is 2.16. The molecule has 14 heteroatoms. The number of rotatable bonds is 22. The first kappa shape index (κ1) is 67.2. The molecule has 1 unspecified atom stereocenters. The molecule has 402 valence electrons. The maximum absolute atomic E-state index is 12.1. The van der Waals surface area contributed by atoms with Crippen LogP contribution in [0, 0.1) is 29.6 Å². The summed E-state index contributed by atoms with van der Waals surface area (Å²) in [6.07, 6.45) is 1.08. The summed E-state index contributed by atoms with van der Waals surface area (Å²) in [5.74, 6) is 2.74. The summed E-state index contributed by atoms with van der Waals surface area (Å²) >= 11 is 0. The minimum absolute atomic E-state index is 0.0530. The molecule has 2 aromatic carbocycles. The molecule has 70 heavy (non-hydrogen) atoms. The van der Waals surface area contributed by atoms with Gasteiger partial charge in [-0.25, -0.2) is 19.2 Å². The van der Waals surface area contributed by atoms with Crippen LogP contribution in [-0.2, 0) is 54.5 Å². The molecule has 0 aromatic heterocycles. The number of Topliss-reactive ketones (excluding diaryl/α,β-unsaturated/α-hetero) is 1. The van der Waals surface area contributed by atoms with E-state index in [1.54, 1.807) is 53.7 Å². The van der Waals surface area contributed by atoms with Gasteiger partial charge in [0.05, 0.1) is 18.3 Å². The van der Waals surface area contributed by atoms with Gasteiger partial charge in [-0.3, -0.25) is 4.79 Å². The third kappa shape index (κ3) is 35.3. The first-order chi connectivity index (χ1) is 32.4. The van der Waals surface area contributed by atoms with Gasteiger partial charge in [0.15, 0.2) is 0 Å². The fourth-order valence-corrected chi connectivity index (χ4v) is 6.23. The van der Waals surface area contributed by atoms with Crippen LogP contribution in [0.25, 0.3) is 0 Å². The van der Waals surface area contributed by atoms with Crippen LogP contribution in [0.5, 0.6) is 0 Å². The molecule has 0 heterocycles. The van der Waals surface area contributed by atoms with Crippen molar-refractivity contribution in [1.82, 2.24) is 19.6 Å². The van der Waals surface area contributed by atoms with Gasteiger partial charge in [-0.1, -0.05) is 111 Å². The van der Waals surface area contributed by atoms with Gasteiger partial charge in [0.2, 0.25) is 0 Å². The monoisotopic (exact) mass is 987 g/mol. The fourth-order valence-electron chi connectivity index (χ4n) is 6.23. The Morgan fingerprint density at radius 2 is 0.771 bits per heavy atom. The van der Waals surface area contributed by atoms with E-state index in [0.29, 0.717) is 49.2 Å². The molecule has 0 bridgehead atoms. The molecule has 0 aliphatic heterocycles. The van der Waals surface area contributed by atoms with E-state index in [-0.39, 0.29) is 49.5 Å². The van der Waals surface area contributed by atoms with E-state index < -0.39 is 18.3 Å². The van der Waals surface area contributed by atoms with Gasteiger partial charge in [0.25, 0.3) is 0 Å². The fraction of sp³-hybridized carbons (Fsp3) is 0.696. The lowest BCUT2D eigenvalue weighted by Gasteiger charge is -2.25. The average Bonchev–Trinajstić information content (AvgIpc) is 3.25. The molecule has 3 amide bonds. The lowest BCUT2D eigenvalue weighted by molar-refractivity contribution is -0.125. The summed E-state index contributed by atoms with van der Waals surface area (Å²) in [4.78, 5) is 64.5. The Morgan fingerprint density at radius 1 is 0.429 bits per heavy atom. The molecular weight excluding hydrogens is 889 g/mol. The van der Waals surface area contributed by atoms with Crippen LogP contribution < -0.4 is 0 Å². The second kappa shape index (κ2) is 37.0. The van der Waals surface area contributed by atoms with Gasteiger partial charge in [-0.05, 0) is 122 Å². The summed E-state index contributed by atoms with van der Waals surface area (Å²) in [5.41, 5.74) is 4.52. The number of amides is 3. The lowest BCUT2D eigenvalue weighted by Crippen LogP contribution is -2.38. The number of benzene rings is 2. The SMILES string of the molecule is CC(C)CC(C)C(=O)C(C)C.CC(C)Cc1ccc(COC(=O)N(C)CCN(C)C(=O)OC(C)C)cc1.CC(C)Cc1ccc(COC(=O)OC(C)C)cc1.CC(C)OC(=O)N(C)CCN(C)C(C)C. The molecule has 0 saturated heterocycles. The number of ketones is 1. The minimum atomic E-state index is -0.615. The third-order valence-electron chi connectivity index (χ3n) is 10.3. The standard InChI is InChI=1S/C20H32N2O4.C15H22O3.C11H24N2O2.C10H20O/c1-15(2)13-17-7-9-18(10-8-17)14-25-19(23)21(5)11-12-22(6)20(24)26-16(3)4;1-11(2)9-13-5-7-14(8-6-13)10-17-15(16)18-12(3)4;1-9(2)12(5)7-8-13(6)11(14)15-10(3)4;1-7(2)6-9(5)10(11)8(3)4/h7-10,15-16H,11-14H2,1-6H3;5-8,11-12H,9-10H2,1-4H3;9-10H,7-8H2,1-6H3;7-9H,6H2,1-5H3. The first-order valence-electron chi connectivity index (χ1n) is 25.4. The van der Waals surface area contributed by atoms with E-state index >= 15 is 0 Å². The van der Waals surface area contributed by atoms with Gasteiger partial charge in [-0.15, -0.1) is 0 Å². The normalized spacial score (nSPS) is 11.4. The van der Waals surface area contributed by atoms with Crippen LogP contribution in [0.1, 0.15) is 146 Å². The summed E-state index contributed by atoms with van der Waals surface area (Å²) < 4.78 is 25.4. The number of nitrogens with zero attached hydrogens (tertiary/aromatic N) is 4. The van der Waals surface area contributed by atoms with Gasteiger partial charge in [0.1, 0.15) is 19.0 Å². The molecule has 0 aliphatic rings. The first-order valence-corrected chi connectivity index (χ1v) is 25.4. The van der Waals surface area contributed by atoms with E-state index in [2.05, 4.69) is 84.6 Å². The predicted molar refractivity (Wildman–Crippen MR) is 284 cm³/mol. The van der Waals surface area contributed by atoms with E-state index in [1.807, 2.05) is 65.9 Å². The predicted octanol–water partition coefficient (Wildman–Crippen LogP) is 12.6. The van der Waals surface area contributed by atoms with Gasteiger partial charge >= 0.3 is 24.4 Å². The average molecular weight is 987 g/mol. The minimum Gasteiger partial charge on any atom is -0.447 e. The maximum atomic E-state index is 12.1. The Bertz CT molecular complexity index is 1730. The van der Waals surface area contributed by atoms with E-state index in [0.717, 1.165) is 36.9 Å². The van der Waals surface area contributed by atoms with Crippen LogP contribution in [0.3, 0.4) is 0 Å². The van der Waals surface area contributed by atoms with E-state index in [1.165, 1.54) is 20.9 Å². The largest absolute Gasteiger partial charge is 0.508 e. The van der Waals surface area contributed by atoms with Crippen LogP contribution in [-0.4, -0.2) is 129 Å². The Labute approximate surface area is 425 Å². The number of hydrogen-bond acceptors (Lipinski definition) is 11. The zero-order valence-corrected chi connectivity index (χ0v) is 47.6. The molecule has 14 nitrogen and oxygen atoms in total. The molecule has 0 fully saturated rings. The highest BCUT2D eigenvalue weighted by Gasteiger charge is 2.18. The van der Waals surface area contributed by atoms with Crippen molar-refractivity contribution in [2.75, 3.05) is 54.4 Å². The van der Waals surface area contributed by atoms with Crippen molar-refractivity contribution < 1.29 is 47.7 Å². The van der Waals surface area contributed by atoms with Crippen LogP contribution >= 0.6 is 0 Å². The van der Waals surface area contributed by atoms with Gasteiger partial charge < -0.3 is 43.3 Å². The van der Waals surface area contributed by atoms with Gasteiger partial charge in [0, 0.05) is 65.2 Å². The second-order valence-corrected chi connectivity index (χ2v) is 20.9. The zero-order chi connectivity index (χ0) is 54.3. The Balaban J connectivity index is 0. The Kier molecular flexibility index (Phi) is 35.5. The van der Waals surface area contributed by atoms with Crippen LogP contribution in [0.15, 0.2) is 48.5 Å².